The summed E-state index contributed by atoms with van der Waals surface area (Å²) in [6, 6.07) is 0. The van der Waals surface area contributed by atoms with Gasteiger partial charge in [0, 0.05) is 38.7 Å². The van der Waals surface area contributed by atoms with Gasteiger partial charge in [-0.15, -0.1) is 11.6 Å². The van der Waals surface area contributed by atoms with Crippen molar-refractivity contribution in [2.24, 2.45) is 5.92 Å². The van der Waals surface area contributed by atoms with E-state index in [9.17, 15) is 8.42 Å². The smallest absolute Gasteiger partial charge is 0.281 e. The third-order valence-corrected chi connectivity index (χ3v) is 6.59. The van der Waals surface area contributed by atoms with Gasteiger partial charge in [-0.1, -0.05) is 0 Å². The van der Waals surface area contributed by atoms with Crippen LogP contribution in [0.25, 0.3) is 0 Å². The van der Waals surface area contributed by atoms with Crippen LogP contribution in [0.1, 0.15) is 32.6 Å². The van der Waals surface area contributed by atoms with E-state index in [1.165, 1.54) is 0 Å². The lowest BCUT2D eigenvalue weighted by Crippen LogP contribution is -2.51. The highest BCUT2D eigenvalue weighted by Gasteiger charge is 2.35. The van der Waals surface area contributed by atoms with Gasteiger partial charge in [0.25, 0.3) is 10.2 Å². The number of hydrogen-bond acceptors (Lipinski definition) is 3. The Kier molecular flexibility index (Phi) is 6.10. The fraction of sp³-hybridized carbons (Fsp3) is 1.00. The molecule has 0 radical (unpaired) electrons. The van der Waals surface area contributed by atoms with Crippen LogP contribution in [0.15, 0.2) is 0 Å². The highest BCUT2D eigenvalue weighted by molar-refractivity contribution is 7.86. The van der Waals surface area contributed by atoms with Gasteiger partial charge in [0.05, 0.1) is 6.10 Å². The van der Waals surface area contributed by atoms with E-state index in [-0.39, 0.29) is 6.10 Å². The lowest BCUT2D eigenvalue weighted by atomic mass is 10.0. The minimum absolute atomic E-state index is 0.211. The van der Waals surface area contributed by atoms with Crippen LogP contribution >= 0.6 is 11.6 Å². The van der Waals surface area contributed by atoms with Gasteiger partial charge in [-0.05, 0) is 38.5 Å². The monoisotopic (exact) mass is 324 g/mol. The molecule has 0 amide bonds. The number of piperidine rings is 2. The number of alkyl halides is 1. The molecule has 118 valence electrons. The maximum absolute atomic E-state index is 12.6. The summed E-state index contributed by atoms with van der Waals surface area (Å²) >= 11 is 5.88. The van der Waals surface area contributed by atoms with Crippen molar-refractivity contribution in [3.8, 4) is 0 Å². The number of rotatable bonds is 5. The maximum Gasteiger partial charge on any atom is 0.281 e. The van der Waals surface area contributed by atoms with Crippen molar-refractivity contribution >= 4 is 21.8 Å². The third kappa shape index (κ3) is 3.85. The molecule has 2 heterocycles. The molecule has 0 aromatic heterocycles. The van der Waals surface area contributed by atoms with Gasteiger partial charge in [0.1, 0.15) is 0 Å². The fourth-order valence-electron chi connectivity index (χ4n) is 2.99. The Labute approximate surface area is 127 Å². The van der Waals surface area contributed by atoms with Crippen LogP contribution in [-0.2, 0) is 14.9 Å². The lowest BCUT2D eigenvalue weighted by molar-refractivity contribution is 0.0278. The van der Waals surface area contributed by atoms with Gasteiger partial charge in [0.2, 0.25) is 0 Å². The predicted octanol–water partition coefficient (Wildman–Crippen LogP) is 1.68. The largest absolute Gasteiger partial charge is 0.378 e. The van der Waals surface area contributed by atoms with Crippen molar-refractivity contribution in [1.82, 2.24) is 8.61 Å². The molecule has 0 N–H and O–H groups in total. The van der Waals surface area contributed by atoms with Gasteiger partial charge >= 0.3 is 0 Å². The number of ether oxygens (including phenoxy) is 1. The molecule has 1 unspecified atom stereocenters. The van der Waals surface area contributed by atoms with Crippen molar-refractivity contribution in [2.75, 3.05) is 38.7 Å². The predicted molar refractivity (Wildman–Crippen MR) is 80.2 cm³/mol. The second-order valence-electron chi connectivity index (χ2n) is 5.58. The van der Waals surface area contributed by atoms with Crippen LogP contribution in [0.4, 0.5) is 0 Å². The van der Waals surface area contributed by atoms with Crippen molar-refractivity contribution in [2.45, 2.75) is 38.7 Å². The Balaban J connectivity index is 1.93. The van der Waals surface area contributed by atoms with Crippen LogP contribution in [-0.4, -0.2) is 61.8 Å². The Morgan fingerprint density at radius 3 is 2.45 bits per heavy atom. The molecule has 2 aliphatic heterocycles. The summed E-state index contributed by atoms with van der Waals surface area (Å²) in [6.07, 6.45) is 3.73. The number of nitrogens with zero attached hydrogens (tertiary/aromatic N) is 2. The first-order valence-corrected chi connectivity index (χ1v) is 9.43. The summed E-state index contributed by atoms with van der Waals surface area (Å²) in [5.41, 5.74) is 0. The highest BCUT2D eigenvalue weighted by Crippen LogP contribution is 2.24. The molecule has 0 saturated carbocycles. The second kappa shape index (κ2) is 7.40. The molecule has 2 rings (SSSR count). The van der Waals surface area contributed by atoms with Crippen molar-refractivity contribution < 1.29 is 13.2 Å². The van der Waals surface area contributed by atoms with E-state index in [0.29, 0.717) is 44.6 Å². The molecule has 0 aliphatic carbocycles. The molecule has 2 saturated heterocycles. The molecular formula is C13H25ClN2O3S. The molecule has 5 nitrogen and oxygen atoms in total. The van der Waals surface area contributed by atoms with E-state index in [0.717, 1.165) is 25.7 Å². The highest BCUT2D eigenvalue weighted by atomic mass is 35.5. The Bertz CT molecular complexity index is 396. The molecule has 1 atom stereocenters. The van der Waals surface area contributed by atoms with Crippen LogP contribution in [0, 0.1) is 5.92 Å². The van der Waals surface area contributed by atoms with E-state index in [2.05, 4.69) is 0 Å². The quantitative estimate of drug-likeness (QED) is 0.723. The molecule has 0 aromatic carbocycles. The minimum atomic E-state index is -3.31. The maximum atomic E-state index is 12.6. The van der Waals surface area contributed by atoms with Gasteiger partial charge in [0.15, 0.2) is 0 Å². The molecule has 0 bridgehead atoms. The average Bonchev–Trinajstić information content (AvgIpc) is 2.48. The second-order valence-corrected chi connectivity index (χ2v) is 7.82. The molecular weight excluding hydrogens is 300 g/mol. The Morgan fingerprint density at radius 1 is 1.15 bits per heavy atom. The fourth-order valence-corrected chi connectivity index (χ4v) is 5.00. The normalized spacial score (nSPS) is 27.8. The van der Waals surface area contributed by atoms with Crippen LogP contribution in [0.5, 0.6) is 0 Å². The van der Waals surface area contributed by atoms with E-state index in [1.807, 2.05) is 6.92 Å². The van der Waals surface area contributed by atoms with Crippen LogP contribution in [0.2, 0.25) is 0 Å². The third-order valence-electron chi connectivity index (χ3n) is 4.16. The Hall–Kier alpha value is 0.120. The van der Waals surface area contributed by atoms with E-state index >= 15 is 0 Å². The molecule has 2 aliphatic rings. The first-order valence-electron chi connectivity index (χ1n) is 7.50. The summed E-state index contributed by atoms with van der Waals surface area (Å²) in [4.78, 5) is 0. The van der Waals surface area contributed by atoms with E-state index in [1.54, 1.807) is 8.61 Å². The van der Waals surface area contributed by atoms with Gasteiger partial charge < -0.3 is 4.74 Å². The minimum Gasteiger partial charge on any atom is -0.378 e. The van der Waals surface area contributed by atoms with Crippen molar-refractivity contribution in [1.29, 1.82) is 0 Å². The molecule has 0 spiro atoms. The zero-order chi connectivity index (χ0) is 14.6. The standard InChI is InChI=1S/C13H25ClN2O3S/c1-2-19-13-5-8-15(9-6-13)20(17,18)16-7-3-4-12(10-14)11-16/h12-13H,2-11H2,1H3. The average molecular weight is 325 g/mol. The summed E-state index contributed by atoms with van der Waals surface area (Å²) in [7, 11) is -3.31. The molecule has 20 heavy (non-hydrogen) atoms. The SMILES string of the molecule is CCOC1CCN(S(=O)(=O)N2CCCC(CCl)C2)CC1. The molecule has 0 aromatic rings. The first-order chi connectivity index (χ1) is 9.57. The van der Waals surface area contributed by atoms with Gasteiger partial charge in [-0.2, -0.15) is 17.0 Å². The Morgan fingerprint density at radius 2 is 1.85 bits per heavy atom. The summed E-state index contributed by atoms with van der Waals surface area (Å²) in [5.74, 6) is 0.833. The number of hydrogen-bond donors (Lipinski definition) is 0. The first kappa shape index (κ1) is 16.5. The van der Waals surface area contributed by atoms with Gasteiger partial charge in [-0.3, -0.25) is 0 Å². The topological polar surface area (TPSA) is 49.9 Å². The zero-order valence-electron chi connectivity index (χ0n) is 12.1. The van der Waals surface area contributed by atoms with Gasteiger partial charge in [-0.25, -0.2) is 0 Å². The summed E-state index contributed by atoms with van der Waals surface area (Å²) in [5, 5.41) is 0. The van der Waals surface area contributed by atoms with Crippen LogP contribution in [0.3, 0.4) is 0 Å². The summed E-state index contributed by atoms with van der Waals surface area (Å²) < 4.78 is 34.1. The molecule has 2 fully saturated rings. The zero-order valence-corrected chi connectivity index (χ0v) is 13.7. The number of halogens is 1. The van der Waals surface area contributed by atoms with Crippen molar-refractivity contribution in [3.05, 3.63) is 0 Å². The summed E-state index contributed by atoms with van der Waals surface area (Å²) in [6.45, 7) is 4.99. The lowest BCUT2D eigenvalue weighted by Gasteiger charge is -2.37. The molecule has 7 heteroatoms. The van der Waals surface area contributed by atoms with E-state index < -0.39 is 10.2 Å². The van der Waals surface area contributed by atoms with Crippen LogP contribution < -0.4 is 0 Å². The van der Waals surface area contributed by atoms with E-state index in [4.69, 9.17) is 16.3 Å². The van der Waals surface area contributed by atoms with Crippen molar-refractivity contribution in [3.63, 3.8) is 0 Å².